The van der Waals surface area contributed by atoms with Gasteiger partial charge in [-0.15, -0.1) is 0 Å². The van der Waals surface area contributed by atoms with E-state index in [1.165, 1.54) is 0 Å². The number of carbonyl (C=O) groups excluding carboxylic acids is 2. The number of nitrogens with zero attached hydrogens (tertiary/aromatic N) is 1. The van der Waals surface area contributed by atoms with E-state index in [1.54, 1.807) is 53.4 Å². The molecule has 2 amide bonds. The summed E-state index contributed by atoms with van der Waals surface area (Å²) in [5, 5.41) is 3.55. The zero-order chi connectivity index (χ0) is 18.7. The number of amides is 2. The number of ether oxygens (including phenoxy) is 1. The first-order chi connectivity index (χ1) is 12.4. The van der Waals surface area contributed by atoms with Crippen molar-refractivity contribution in [1.29, 1.82) is 0 Å². The molecule has 1 N–H and O–H groups in total. The Labute approximate surface area is 157 Å². The Morgan fingerprint density at radius 1 is 1.15 bits per heavy atom. The molecule has 0 saturated carbocycles. The largest absolute Gasteiger partial charge is 0.491 e. The number of rotatable bonds is 5. The molecule has 0 spiro atoms. The highest BCUT2D eigenvalue weighted by molar-refractivity contribution is 6.30. The third-order valence-electron chi connectivity index (χ3n) is 4.09. The highest BCUT2D eigenvalue weighted by Crippen LogP contribution is 2.23. The lowest BCUT2D eigenvalue weighted by Gasteiger charge is -2.17. The van der Waals surface area contributed by atoms with Crippen LogP contribution in [0, 0.1) is 0 Å². The molecule has 1 fully saturated rings. The molecular weight excluding hydrogens is 352 g/mol. The minimum atomic E-state index is -0.225. The first-order valence-electron chi connectivity index (χ1n) is 8.56. The number of halogens is 1. The van der Waals surface area contributed by atoms with Crippen LogP contribution in [0.25, 0.3) is 0 Å². The number of nitrogens with one attached hydrogen (secondary N) is 1. The van der Waals surface area contributed by atoms with Gasteiger partial charge in [-0.2, -0.15) is 0 Å². The van der Waals surface area contributed by atoms with Crippen molar-refractivity contribution >= 4 is 29.1 Å². The molecule has 26 heavy (non-hydrogen) atoms. The summed E-state index contributed by atoms with van der Waals surface area (Å²) in [6, 6.07) is 13.9. The van der Waals surface area contributed by atoms with Crippen molar-refractivity contribution in [1.82, 2.24) is 5.32 Å². The molecule has 6 heteroatoms. The molecule has 2 aromatic rings. The van der Waals surface area contributed by atoms with E-state index in [0.29, 0.717) is 17.1 Å². The number of anilines is 1. The van der Waals surface area contributed by atoms with Gasteiger partial charge in [-0.1, -0.05) is 11.6 Å². The van der Waals surface area contributed by atoms with Crippen LogP contribution in [0.3, 0.4) is 0 Å². The highest BCUT2D eigenvalue weighted by atomic mass is 35.5. The van der Waals surface area contributed by atoms with Gasteiger partial charge in [0, 0.05) is 29.2 Å². The van der Waals surface area contributed by atoms with Gasteiger partial charge in [-0.05, 0) is 62.4 Å². The monoisotopic (exact) mass is 372 g/mol. The van der Waals surface area contributed by atoms with Gasteiger partial charge in [0.05, 0.1) is 12.1 Å². The molecular formula is C20H21ClN2O3. The minimum Gasteiger partial charge on any atom is -0.491 e. The van der Waals surface area contributed by atoms with Crippen molar-refractivity contribution in [3.05, 3.63) is 59.1 Å². The molecule has 136 valence electrons. The van der Waals surface area contributed by atoms with Crippen molar-refractivity contribution in [2.24, 2.45) is 0 Å². The molecule has 0 radical (unpaired) electrons. The number of hydrogen-bond donors (Lipinski definition) is 1. The lowest BCUT2D eigenvalue weighted by Crippen LogP contribution is -2.37. The van der Waals surface area contributed by atoms with E-state index in [0.717, 1.165) is 11.4 Å². The summed E-state index contributed by atoms with van der Waals surface area (Å²) < 4.78 is 5.58. The SMILES string of the molecule is CC(C)Oc1ccc(C(=O)N[C@H]2CC(=O)N(c3ccc(Cl)cc3)C2)cc1. The van der Waals surface area contributed by atoms with Crippen LogP contribution in [0.5, 0.6) is 5.75 Å². The van der Waals surface area contributed by atoms with E-state index in [4.69, 9.17) is 16.3 Å². The summed E-state index contributed by atoms with van der Waals surface area (Å²) in [6.07, 6.45) is 0.362. The van der Waals surface area contributed by atoms with Gasteiger partial charge in [-0.25, -0.2) is 0 Å². The van der Waals surface area contributed by atoms with Gasteiger partial charge in [0.1, 0.15) is 5.75 Å². The second-order valence-corrected chi connectivity index (χ2v) is 6.98. The Balaban J connectivity index is 1.61. The maximum Gasteiger partial charge on any atom is 0.251 e. The van der Waals surface area contributed by atoms with Crippen LogP contribution in [0.15, 0.2) is 48.5 Å². The molecule has 1 atom stereocenters. The van der Waals surface area contributed by atoms with Crippen LogP contribution in [0.2, 0.25) is 5.02 Å². The highest BCUT2D eigenvalue weighted by Gasteiger charge is 2.31. The van der Waals surface area contributed by atoms with Crippen molar-refractivity contribution in [3.63, 3.8) is 0 Å². The predicted molar refractivity (Wildman–Crippen MR) is 102 cm³/mol. The zero-order valence-electron chi connectivity index (χ0n) is 14.7. The third kappa shape index (κ3) is 4.35. The Bertz CT molecular complexity index is 788. The van der Waals surface area contributed by atoms with Crippen LogP contribution >= 0.6 is 11.6 Å². The minimum absolute atomic E-state index is 0.0155. The molecule has 0 bridgehead atoms. The van der Waals surface area contributed by atoms with E-state index in [1.807, 2.05) is 13.8 Å². The maximum atomic E-state index is 12.4. The van der Waals surface area contributed by atoms with Gasteiger partial charge in [0.15, 0.2) is 0 Å². The second kappa shape index (κ2) is 7.79. The molecule has 1 saturated heterocycles. The Morgan fingerprint density at radius 3 is 2.42 bits per heavy atom. The summed E-state index contributed by atoms with van der Waals surface area (Å²) in [6.45, 7) is 4.34. The summed E-state index contributed by atoms with van der Waals surface area (Å²) in [5.74, 6) is 0.511. The van der Waals surface area contributed by atoms with Crippen LogP contribution in [0.1, 0.15) is 30.6 Å². The van der Waals surface area contributed by atoms with Gasteiger partial charge in [0.2, 0.25) is 5.91 Å². The first-order valence-corrected chi connectivity index (χ1v) is 8.93. The molecule has 1 aliphatic heterocycles. The van der Waals surface area contributed by atoms with Gasteiger partial charge in [-0.3, -0.25) is 9.59 Å². The Hall–Kier alpha value is -2.53. The number of benzene rings is 2. The molecule has 0 aliphatic carbocycles. The van der Waals surface area contributed by atoms with Crippen molar-refractivity contribution in [2.75, 3.05) is 11.4 Å². The normalized spacial score (nSPS) is 16.8. The van der Waals surface area contributed by atoms with E-state index in [9.17, 15) is 9.59 Å². The van der Waals surface area contributed by atoms with E-state index < -0.39 is 0 Å². The molecule has 1 heterocycles. The Morgan fingerprint density at radius 2 is 1.81 bits per heavy atom. The van der Waals surface area contributed by atoms with Crippen LogP contribution in [0.4, 0.5) is 5.69 Å². The fraction of sp³-hybridized carbons (Fsp3) is 0.300. The van der Waals surface area contributed by atoms with Crippen molar-refractivity contribution < 1.29 is 14.3 Å². The second-order valence-electron chi connectivity index (χ2n) is 6.55. The average Bonchev–Trinajstić information content (AvgIpc) is 2.96. The van der Waals surface area contributed by atoms with Gasteiger partial charge >= 0.3 is 0 Å². The summed E-state index contributed by atoms with van der Waals surface area (Å²) >= 11 is 5.89. The quantitative estimate of drug-likeness (QED) is 0.871. The lowest BCUT2D eigenvalue weighted by molar-refractivity contribution is -0.117. The standard InChI is InChI=1S/C20H21ClN2O3/c1-13(2)26-18-9-3-14(4-10-18)20(25)22-16-11-19(24)23(12-16)17-7-5-15(21)6-8-17/h3-10,13,16H,11-12H2,1-2H3,(H,22,25)/t16-/m0/s1. The van der Waals surface area contributed by atoms with Crippen LogP contribution < -0.4 is 15.0 Å². The maximum absolute atomic E-state index is 12.4. The molecule has 2 aromatic carbocycles. The molecule has 1 aliphatic rings. The van der Waals surface area contributed by atoms with Crippen molar-refractivity contribution in [2.45, 2.75) is 32.4 Å². The van der Waals surface area contributed by atoms with E-state index >= 15 is 0 Å². The van der Waals surface area contributed by atoms with Gasteiger partial charge < -0.3 is 15.0 Å². The molecule has 5 nitrogen and oxygen atoms in total. The number of hydrogen-bond acceptors (Lipinski definition) is 3. The molecule has 3 rings (SSSR count). The predicted octanol–water partition coefficient (Wildman–Crippen LogP) is 3.66. The van der Waals surface area contributed by atoms with Crippen LogP contribution in [-0.2, 0) is 4.79 Å². The molecule has 0 aromatic heterocycles. The Kier molecular flexibility index (Phi) is 5.47. The van der Waals surface area contributed by atoms with Crippen molar-refractivity contribution in [3.8, 4) is 5.75 Å². The van der Waals surface area contributed by atoms with Gasteiger partial charge in [0.25, 0.3) is 5.91 Å². The summed E-state index contributed by atoms with van der Waals surface area (Å²) in [4.78, 5) is 26.4. The lowest BCUT2D eigenvalue weighted by atomic mass is 10.1. The average molecular weight is 373 g/mol. The first kappa shape index (κ1) is 18.3. The van der Waals surface area contributed by atoms with E-state index in [2.05, 4.69) is 5.32 Å². The smallest absolute Gasteiger partial charge is 0.251 e. The third-order valence-corrected chi connectivity index (χ3v) is 4.34. The fourth-order valence-electron chi connectivity index (χ4n) is 2.90. The fourth-order valence-corrected chi connectivity index (χ4v) is 3.03. The molecule has 0 unspecified atom stereocenters. The summed E-state index contributed by atoms with van der Waals surface area (Å²) in [5.41, 5.74) is 1.32. The topological polar surface area (TPSA) is 58.6 Å². The zero-order valence-corrected chi connectivity index (χ0v) is 15.5. The van der Waals surface area contributed by atoms with Crippen LogP contribution in [-0.4, -0.2) is 30.5 Å². The summed E-state index contributed by atoms with van der Waals surface area (Å²) in [7, 11) is 0. The van der Waals surface area contributed by atoms with E-state index in [-0.39, 0.29) is 30.4 Å². The number of carbonyl (C=O) groups is 2.